The predicted octanol–water partition coefficient (Wildman–Crippen LogP) is 2.29. The lowest BCUT2D eigenvalue weighted by molar-refractivity contribution is -0.124. The van der Waals surface area contributed by atoms with Crippen molar-refractivity contribution in [3.05, 3.63) is 48.4 Å². The minimum absolute atomic E-state index is 0.0660. The number of nitrogens with one attached hydrogen (secondary N) is 1. The molecule has 3 rings (SSSR count). The van der Waals surface area contributed by atoms with Crippen LogP contribution in [-0.4, -0.2) is 53.6 Å². The lowest BCUT2D eigenvalue weighted by atomic mass is 10.1. The highest BCUT2D eigenvalue weighted by atomic mass is 16.2. The van der Waals surface area contributed by atoms with Gasteiger partial charge in [-0.25, -0.2) is 4.98 Å². The van der Waals surface area contributed by atoms with E-state index in [-0.39, 0.29) is 11.9 Å². The van der Waals surface area contributed by atoms with Crippen LogP contribution < -0.4 is 10.2 Å². The van der Waals surface area contributed by atoms with E-state index in [1.54, 1.807) is 0 Å². The first kappa shape index (κ1) is 18.5. The molecule has 6 nitrogen and oxygen atoms in total. The number of nitrogens with zero attached hydrogens (tertiary/aromatic N) is 4. The van der Waals surface area contributed by atoms with Crippen molar-refractivity contribution in [1.29, 1.82) is 0 Å². The van der Waals surface area contributed by atoms with E-state index in [9.17, 15) is 4.79 Å². The number of likely N-dealkylation sites (N-methyl/N-ethyl adjacent to an activating group) is 1. The third kappa shape index (κ3) is 4.43. The minimum Gasteiger partial charge on any atom is -0.354 e. The Morgan fingerprint density at radius 1 is 1.19 bits per heavy atom. The van der Waals surface area contributed by atoms with Gasteiger partial charge in [0, 0.05) is 56.9 Å². The number of amides is 1. The molecule has 1 atom stereocenters. The van der Waals surface area contributed by atoms with Gasteiger partial charge in [0.1, 0.15) is 11.9 Å². The second kappa shape index (κ2) is 8.85. The van der Waals surface area contributed by atoms with E-state index >= 15 is 0 Å². The highest BCUT2D eigenvalue weighted by Gasteiger charge is 2.21. The standard InChI is InChI=1S/C20H29N5O/c1-3-7-18(24-10-4-5-11-24)20(26)22-16-17-8-6-9-21-19(17)25-14-12-23(2)13-15-25/h4-6,8-11,18H,3,7,12-16H2,1-2H3,(H,22,26)/t18-/m1/s1. The topological polar surface area (TPSA) is 53.4 Å². The van der Waals surface area contributed by atoms with Gasteiger partial charge in [0.05, 0.1) is 0 Å². The molecule has 0 spiro atoms. The highest BCUT2D eigenvalue weighted by Crippen LogP contribution is 2.20. The van der Waals surface area contributed by atoms with Crippen molar-refractivity contribution in [2.75, 3.05) is 38.1 Å². The molecule has 3 heterocycles. The molecule has 0 radical (unpaired) electrons. The Balaban J connectivity index is 1.66. The number of pyridine rings is 1. The first-order valence-electron chi connectivity index (χ1n) is 9.46. The van der Waals surface area contributed by atoms with Gasteiger partial charge in [0.15, 0.2) is 0 Å². The zero-order chi connectivity index (χ0) is 18.4. The zero-order valence-electron chi connectivity index (χ0n) is 15.8. The zero-order valence-corrected chi connectivity index (χ0v) is 15.8. The number of rotatable bonds is 7. The van der Waals surface area contributed by atoms with Crippen molar-refractivity contribution in [2.24, 2.45) is 0 Å². The molecule has 26 heavy (non-hydrogen) atoms. The summed E-state index contributed by atoms with van der Waals surface area (Å²) >= 11 is 0. The van der Waals surface area contributed by atoms with E-state index in [4.69, 9.17) is 0 Å². The lowest BCUT2D eigenvalue weighted by Crippen LogP contribution is -2.45. The summed E-state index contributed by atoms with van der Waals surface area (Å²) in [7, 11) is 2.14. The number of anilines is 1. The van der Waals surface area contributed by atoms with Crippen molar-refractivity contribution in [3.8, 4) is 0 Å². The SMILES string of the molecule is CCC[C@H](C(=O)NCc1cccnc1N1CCN(C)CC1)n1cccc1. The second-order valence-electron chi connectivity index (χ2n) is 6.93. The lowest BCUT2D eigenvalue weighted by Gasteiger charge is -2.34. The Bertz CT molecular complexity index is 692. The Morgan fingerprint density at radius 2 is 1.92 bits per heavy atom. The number of aromatic nitrogens is 2. The molecule has 0 aliphatic carbocycles. The number of hydrogen-bond acceptors (Lipinski definition) is 4. The fourth-order valence-electron chi connectivity index (χ4n) is 3.42. The van der Waals surface area contributed by atoms with E-state index in [0.717, 1.165) is 50.4 Å². The van der Waals surface area contributed by atoms with Crippen molar-refractivity contribution in [2.45, 2.75) is 32.4 Å². The van der Waals surface area contributed by atoms with Gasteiger partial charge in [-0.2, -0.15) is 0 Å². The average molecular weight is 355 g/mol. The molecule has 6 heteroatoms. The Kier molecular flexibility index (Phi) is 6.28. The largest absolute Gasteiger partial charge is 0.354 e. The van der Waals surface area contributed by atoms with E-state index in [2.05, 4.69) is 40.1 Å². The summed E-state index contributed by atoms with van der Waals surface area (Å²) in [6.45, 7) is 6.63. The molecule has 1 aliphatic heterocycles. The number of piperazine rings is 1. The summed E-state index contributed by atoms with van der Waals surface area (Å²) in [5.41, 5.74) is 1.08. The molecule has 140 valence electrons. The molecular formula is C20H29N5O. The normalized spacial score (nSPS) is 16.5. The maximum atomic E-state index is 12.8. The van der Waals surface area contributed by atoms with E-state index in [1.165, 1.54) is 0 Å². The molecule has 2 aromatic heterocycles. The van der Waals surface area contributed by atoms with Crippen molar-refractivity contribution < 1.29 is 4.79 Å². The quantitative estimate of drug-likeness (QED) is 0.828. The third-order valence-corrected chi connectivity index (χ3v) is 4.98. The van der Waals surface area contributed by atoms with Crippen LogP contribution in [0.4, 0.5) is 5.82 Å². The van der Waals surface area contributed by atoms with Crippen LogP contribution in [0.15, 0.2) is 42.9 Å². The van der Waals surface area contributed by atoms with Crippen LogP contribution in [0.25, 0.3) is 0 Å². The first-order valence-corrected chi connectivity index (χ1v) is 9.46. The first-order chi connectivity index (χ1) is 12.7. The van der Waals surface area contributed by atoms with Gasteiger partial charge in [0.2, 0.25) is 5.91 Å². The van der Waals surface area contributed by atoms with Gasteiger partial charge >= 0.3 is 0 Å². The molecule has 1 amide bonds. The molecule has 1 N–H and O–H groups in total. The Hall–Kier alpha value is -2.34. The summed E-state index contributed by atoms with van der Waals surface area (Å²) in [5.74, 6) is 1.06. The molecule has 0 unspecified atom stereocenters. The maximum Gasteiger partial charge on any atom is 0.243 e. The number of carbonyl (C=O) groups excluding carboxylic acids is 1. The average Bonchev–Trinajstić information content (AvgIpc) is 3.19. The molecule has 0 bridgehead atoms. The van der Waals surface area contributed by atoms with E-state index in [1.807, 2.05) is 41.4 Å². The van der Waals surface area contributed by atoms with Gasteiger partial charge in [-0.15, -0.1) is 0 Å². The maximum absolute atomic E-state index is 12.8. The summed E-state index contributed by atoms with van der Waals surface area (Å²) < 4.78 is 1.99. The fraction of sp³-hybridized carbons (Fsp3) is 0.500. The highest BCUT2D eigenvalue weighted by molar-refractivity contribution is 5.80. The van der Waals surface area contributed by atoms with Crippen LogP contribution in [0.3, 0.4) is 0 Å². The monoisotopic (exact) mass is 355 g/mol. The Morgan fingerprint density at radius 3 is 2.62 bits per heavy atom. The third-order valence-electron chi connectivity index (χ3n) is 4.98. The molecule has 0 aromatic carbocycles. The van der Waals surface area contributed by atoms with Gasteiger partial charge in [-0.05, 0) is 31.7 Å². The van der Waals surface area contributed by atoms with Crippen LogP contribution in [0.5, 0.6) is 0 Å². The van der Waals surface area contributed by atoms with Crippen molar-refractivity contribution >= 4 is 11.7 Å². The van der Waals surface area contributed by atoms with Gasteiger partial charge in [-0.3, -0.25) is 4.79 Å². The van der Waals surface area contributed by atoms with Crippen LogP contribution >= 0.6 is 0 Å². The minimum atomic E-state index is -0.154. The molecule has 1 saturated heterocycles. The number of carbonyl (C=O) groups is 1. The smallest absolute Gasteiger partial charge is 0.243 e. The summed E-state index contributed by atoms with van der Waals surface area (Å²) in [6.07, 6.45) is 7.55. The fourth-order valence-corrected chi connectivity index (χ4v) is 3.42. The molecular weight excluding hydrogens is 326 g/mol. The van der Waals surface area contributed by atoms with Gasteiger partial charge < -0.3 is 19.7 Å². The number of hydrogen-bond donors (Lipinski definition) is 1. The summed E-state index contributed by atoms with van der Waals surface area (Å²) in [5, 5.41) is 3.12. The predicted molar refractivity (Wildman–Crippen MR) is 104 cm³/mol. The molecule has 2 aromatic rings. The van der Waals surface area contributed by atoms with Crippen molar-refractivity contribution in [1.82, 2.24) is 19.8 Å². The van der Waals surface area contributed by atoms with Crippen molar-refractivity contribution in [3.63, 3.8) is 0 Å². The van der Waals surface area contributed by atoms with Crippen LogP contribution in [0.2, 0.25) is 0 Å². The molecule has 1 aliphatic rings. The Labute approximate surface area is 155 Å². The summed E-state index contributed by atoms with van der Waals surface area (Å²) in [4.78, 5) is 22.0. The van der Waals surface area contributed by atoms with E-state index < -0.39 is 0 Å². The van der Waals surface area contributed by atoms with Gasteiger partial charge in [0.25, 0.3) is 0 Å². The van der Waals surface area contributed by atoms with Crippen LogP contribution in [-0.2, 0) is 11.3 Å². The molecule has 0 saturated carbocycles. The van der Waals surface area contributed by atoms with Crippen LogP contribution in [0.1, 0.15) is 31.4 Å². The summed E-state index contributed by atoms with van der Waals surface area (Å²) in [6, 6.07) is 7.77. The van der Waals surface area contributed by atoms with Crippen LogP contribution in [0, 0.1) is 0 Å². The van der Waals surface area contributed by atoms with E-state index in [0.29, 0.717) is 6.54 Å². The molecule has 1 fully saturated rings. The second-order valence-corrected chi connectivity index (χ2v) is 6.93. The van der Waals surface area contributed by atoms with Gasteiger partial charge in [-0.1, -0.05) is 19.4 Å².